The first-order valence-electron chi connectivity index (χ1n) is 7.58. The number of anilines is 1. The largest absolute Gasteiger partial charge is 0.370 e. The maximum atomic E-state index is 8.22. The predicted octanol–water partition coefficient (Wildman–Crippen LogP) is 3.25. The Balaban J connectivity index is 2.37. The number of benzene rings is 2. The zero-order valence-corrected chi connectivity index (χ0v) is 12.9. The molecule has 0 aliphatic carbocycles. The van der Waals surface area contributed by atoms with E-state index in [9.17, 15) is 0 Å². The Bertz CT molecular complexity index is 660. The third kappa shape index (κ3) is 3.75. The van der Waals surface area contributed by atoms with Crippen molar-refractivity contribution in [2.75, 3.05) is 11.4 Å². The van der Waals surface area contributed by atoms with Crippen molar-refractivity contribution in [2.24, 2.45) is 5.73 Å². The minimum atomic E-state index is -0.217. The van der Waals surface area contributed by atoms with Crippen LogP contribution < -0.4 is 16.0 Å². The van der Waals surface area contributed by atoms with Crippen molar-refractivity contribution in [3.63, 3.8) is 0 Å². The van der Waals surface area contributed by atoms with Crippen molar-refractivity contribution >= 4 is 28.4 Å². The fourth-order valence-electron chi connectivity index (χ4n) is 2.51. The smallest absolute Gasteiger partial charge is 0.202 e. The minimum absolute atomic E-state index is 0.139. The molecule has 0 spiro atoms. The van der Waals surface area contributed by atoms with Gasteiger partial charge in [0, 0.05) is 11.9 Å². The van der Waals surface area contributed by atoms with Gasteiger partial charge in [0.25, 0.3) is 0 Å². The van der Waals surface area contributed by atoms with Crippen LogP contribution in [0.1, 0.15) is 26.2 Å². The Morgan fingerprint density at radius 2 is 1.82 bits per heavy atom. The number of nitrogens with zero attached hydrogens (tertiary/aromatic N) is 1. The molecular formula is C17H23N5. The molecule has 0 radical (unpaired) electrons. The second-order valence-electron chi connectivity index (χ2n) is 5.24. The molecule has 0 saturated heterocycles. The van der Waals surface area contributed by atoms with Crippen LogP contribution in [0, 0.1) is 10.8 Å². The van der Waals surface area contributed by atoms with E-state index in [1.807, 2.05) is 29.2 Å². The van der Waals surface area contributed by atoms with Crippen LogP contribution in [-0.4, -0.2) is 18.5 Å². The molecule has 0 unspecified atom stereocenters. The highest BCUT2D eigenvalue weighted by molar-refractivity contribution is 6.08. The van der Waals surface area contributed by atoms with Crippen molar-refractivity contribution in [1.82, 2.24) is 5.32 Å². The van der Waals surface area contributed by atoms with Crippen molar-refractivity contribution in [3.8, 4) is 0 Å². The summed E-state index contributed by atoms with van der Waals surface area (Å²) in [5.41, 5.74) is 6.35. The Morgan fingerprint density at radius 1 is 1.09 bits per heavy atom. The van der Waals surface area contributed by atoms with Crippen molar-refractivity contribution in [2.45, 2.75) is 26.2 Å². The van der Waals surface area contributed by atoms with E-state index in [1.54, 1.807) is 0 Å². The fraction of sp³-hybridized carbons (Fsp3) is 0.294. The Labute approximate surface area is 131 Å². The molecule has 0 aliphatic rings. The molecule has 5 N–H and O–H groups in total. The minimum Gasteiger partial charge on any atom is -0.370 e. The summed E-state index contributed by atoms with van der Waals surface area (Å²) in [6.07, 6.45) is 3.22. The summed E-state index contributed by atoms with van der Waals surface area (Å²) in [7, 11) is 0. The van der Waals surface area contributed by atoms with E-state index in [0.29, 0.717) is 0 Å². The van der Waals surface area contributed by atoms with Gasteiger partial charge in [-0.25, -0.2) is 0 Å². The molecule has 0 heterocycles. The van der Waals surface area contributed by atoms with E-state index >= 15 is 0 Å². The number of hydrogen-bond acceptors (Lipinski definition) is 2. The molecule has 0 aliphatic heterocycles. The molecule has 0 saturated carbocycles. The second kappa shape index (κ2) is 7.45. The van der Waals surface area contributed by atoms with Gasteiger partial charge < -0.3 is 10.6 Å². The maximum Gasteiger partial charge on any atom is 0.202 e. The van der Waals surface area contributed by atoms with E-state index in [1.165, 1.54) is 0 Å². The number of nitrogens with one attached hydrogen (secondary N) is 3. The standard InChI is InChI=1S/C17H23N5/c1-2-3-6-12-22(17(20)21-16(18)19)15-11-7-9-13-8-4-5-10-14(13)15/h4-5,7-11H,2-3,6,12H2,1H3,(H5,18,19,20,21). The summed E-state index contributed by atoms with van der Waals surface area (Å²) < 4.78 is 0. The summed E-state index contributed by atoms with van der Waals surface area (Å²) in [6, 6.07) is 14.2. The van der Waals surface area contributed by atoms with Gasteiger partial charge in [-0.05, 0) is 17.9 Å². The lowest BCUT2D eigenvalue weighted by molar-refractivity contribution is 0.718. The molecule has 0 bridgehead atoms. The van der Waals surface area contributed by atoms with Crippen LogP contribution in [0.4, 0.5) is 5.69 Å². The van der Waals surface area contributed by atoms with Gasteiger partial charge in [-0.1, -0.05) is 56.2 Å². The Kier molecular flexibility index (Phi) is 5.36. The third-order valence-electron chi connectivity index (χ3n) is 3.57. The van der Waals surface area contributed by atoms with Crippen LogP contribution >= 0.6 is 0 Å². The van der Waals surface area contributed by atoms with Crippen LogP contribution in [0.5, 0.6) is 0 Å². The average Bonchev–Trinajstić information content (AvgIpc) is 2.50. The molecule has 0 atom stereocenters. The predicted molar refractivity (Wildman–Crippen MR) is 93.6 cm³/mol. The highest BCUT2D eigenvalue weighted by Crippen LogP contribution is 2.27. The maximum absolute atomic E-state index is 8.22. The van der Waals surface area contributed by atoms with E-state index in [4.69, 9.17) is 16.6 Å². The summed E-state index contributed by atoms with van der Waals surface area (Å²) in [5.74, 6) is -0.0781. The number of unbranched alkanes of at least 4 members (excludes halogenated alkanes) is 2. The van der Waals surface area contributed by atoms with E-state index in [2.05, 4.69) is 30.4 Å². The number of rotatable bonds is 5. The lowest BCUT2D eigenvalue weighted by Gasteiger charge is -2.26. The van der Waals surface area contributed by atoms with Crippen LogP contribution in [0.3, 0.4) is 0 Å². The average molecular weight is 297 g/mol. The van der Waals surface area contributed by atoms with Crippen LogP contribution in [0.2, 0.25) is 0 Å². The number of nitrogens with two attached hydrogens (primary N) is 1. The zero-order valence-electron chi connectivity index (χ0n) is 12.9. The third-order valence-corrected chi connectivity index (χ3v) is 3.57. The SMILES string of the molecule is CCCCCN(C(=N)NC(=N)N)c1cccc2ccccc12. The van der Waals surface area contributed by atoms with E-state index in [-0.39, 0.29) is 11.9 Å². The van der Waals surface area contributed by atoms with Gasteiger partial charge in [0.15, 0.2) is 5.96 Å². The normalized spacial score (nSPS) is 10.4. The van der Waals surface area contributed by atoms with Gasteiger partial charge in [0.2, 0.25) is 5.96 Å². The van der Waals surface area contributed by atoms with Gasteiger partial charge >= 0.3 is 0 Å². The van der Waals surface area contributed by atoms with Gasteiger partial charge in [0.05, 0.1) is 5.69 Å². The number of guanidine groups is 2. The number of fused-ring (bicyclic) bond motifs is 1. The molecule has 5 nitrogen and oxygen atoms in total. The second-order valence-corrected chi connectivity index (χ2v) is 5.24. The summed E-state index contributed by atoms with van der Waals surface area (Å²) in [5, 5.41) is 20.4. The van der Waals surface area contributed by atoms with E-state index in [0.717, 1.165) is 42.3 Å². The molecule has 22 heavy (non-hydrogen) atoms. The zero-order chi connectivity index (χ0) is 15.9. The number of hydrogen-bond donors (Lipinski definition) is 4. The fourth-order valence-corrected chi connectivity index (χ4v) is 2.51. The molecular weight excluding hydrogens is 274 g/mol. The van der Waals surface area contributed by atoms with Gasteiger partial charge in [0.1, 0.15) is 0 Å². The lowest BCUT2D eigenvalue weighted by atomic mass is 10.1. The molecule has 2 aromatic rings. The first-order valence-corrected chi connectivity index (χ1v) is 7.58. The molecule has 0 aromatic heterocycles. The molecule has 0 amide bonds. The van der Waals surface area contributed by atoms with Crippen LogP contribution in [-0.2, 0) is 0 Å². The Morgan fingerprint density at radius 3 is 2.55 bits per heavy atom. The topological polar surface area (TPSA) is 89.0 Å². The van der Waals surface area contributed by atoms with Crippen molar-refractivity contribution < 1.29 is 0 Å². The van der Waals surface area contributed by atoms with Crippen LogP contribution in [0.15, 0.2) is 42.5 Å². The first kappa shape index (κ1) is 15.8. The highest BCUT2D eigenvalue weighted by Gasteiger charge is 2.15. The van der Waals surface area contributed by atoms with Gasteiger partial charge in [-0.3, -0.25) is 16.1 Å². The molecule has 2 rings (SSSR count). The summed E-state index contributed by atoms with van der Waals surface area (Å²) >= 11 is 0. The van der Waals surface area contributed by atoms with Crippen molar-refractivity contribution in [1.29, 1.82) is 10.8 Å². The lowest BCUT2D eigenvalue weighted by Crippen LogP contribution is -2.46. The highest BCUT2D eigenvalue weighted by atomic mass is 15.3. The molecule has 0 fully saturated rings. The van der Waals surface area contributed by atoms with Crippen molar-refractivity contribution in [3.05, 3.63) is 42.5 Å². The monoisotopic (exact) mass is 297 g/mol. The molecule has 116 valence electrons. The summed E-state index contributed by atoms with van der Waals surface area (Å²) in [6.45, 7) is 2.88. The Hall–Kier alpha value is -2.56. The van der Waals surface area contributed by atoms with Gasteiger partial charge in [-0.15, -0.1) is 0 Å². The molecule has 2 aromatic carbocycles. The molecule has 5 heteroatoms. The first-order chi connectivity index (χ1) is 10.6. The summed E-state index contributed by atoms with van der Waals surface area (Å²) in [4.78, 5) is 1.89. The van der Waals surface area contributed by atoms with E-state index < -0.39 is 0 Å². The quantitative estimate of drug-likeness (QED) is 0.388. The van der Waals surface area contributed by atoms with Gasteiger partial charge in [-0.2, -0.15) is 0 Å². The van der Waals surface area contributed by atoms with Crippen LogP contribution in [0.25, 0.3) is 10.8 Å².